The molecule has 2 N–H and O–H groups in total. The van der Waals surface area contributed by atoms with Crippen LogP contribution in [0.1, 0.15) is 42.2 Å². The zero-order chi connectivity index (χ0) is 20.5. The molecular formula is C21H23ClN2O4. The Morgan fingerprint density at radius 3 is 2.29 bits per heavy atom. The molecule has 0 aliphatic heterocycles. The number of hydrogen-bond acceptors (Lipinski definition) is 4. The number of carbonyl (C=O) groups excluding carboxylic acids is 3. The summed E-state index contributed by atoms with van der Waals surface area (Å²) in [4.78, 5) is 36.5. The SMILES string of the molecule is CC(C)OC(=O)CNC(=O)CC(NC(=O)c1ccccc1Cl)c1ccccc1. The second kappa shape index (κ2) is 10.5. The number of halogens is 1. The highest BCUT2D eigenvalue weighted by atomic mass is 35.5. The van der Waals surface area contributed by atoms with Crippen molar-refractivity contribution in [2.45, 2.75) is 32.4 Å². The van der Waals surface area contributed by atoms with Crippen LogP contribution in [-0.2, 0) is 14.3 Å². The highest BCUT2D eigenvalue weighted by Gasteiger charge is 2.21. The summed E-state index contributed by atoms with van der Waals surface area (Å²) in [5.74, 6) is -1.28. The van der Waals surface area contributed by atoms with Crippen LogP contribution in [0.5, 0.6) is 0 Å². The molecular weight excluding hydrogens is 380 g/mol. The van der Waals surface area contributed by atoms with Gasteiger partial charge in [-0.3, -0.25) is 14.4 Å². The van der Waals surface area contributed by atoms with E-state index in [-0.39, 0.29) is 30.9 Å². The molecule has 0 saturated heterocycles. The molecule has 0 fully saturated rings. The van der Waals surface area contributed by atoms with E-state index < -0.39 is 12.0 Å². The Labute approximate surface area is 169 Å². The third-order valence-electron chi connectivity index (χ3n) is 3.81. The standard InChI is InChI=1S/C21H23ClN2O4/c1-14(2)28-20(26)13-23-19(25)12-18(15-8-4-3-5-9-15)24-21(27)16-10-6-7-11-17(16)22/h3-11,14,18H,12-13H2,1-2H3,(H,23,25)(H,24,27). The Kier molecular flexibility index (Phi) is 8.02. The van der Waals surface area contributed by atoms with Gasteiger partial charge in [-0.05, 0) is 31.5 Å². The third-order valence-corrected chi connectivity index (χ3v) is 4.14. The average Bonchev–Trinajstić information content (AvgIpc) is 2.66. The van der Waals surface area contributed by atoms with Gasteiger partial charge in [0.2, 0.25) is 5.91 Å². The number of ether oxygens (including phenoxy) is 1. The van der Waals surface area contributed by atoms with Crippen molar-refractivity contribution in [1.82, 2.24) is 10.6 Å². The smallest absolute Gasteiger partial charge is 0.325 e. The molecule has 0 spiro atoms. The first kappa shape index (κ1) is 21.4. The predicted molar refractivity (Wildman–Crippen MR) is 107 cm³/mol. The molecule has 7 heteroatoms. The lowest BCUT2D eigenvalue weighted by molar-refractivity contribution is -0.147. The third kappa shape index (κ3) is 6.70. The van der Waals surface area contributed by atoms with E-state index in [4.69, 9.17) is 16.3 Å². The molecule has 1 unspecified atom stereocenters. The monoisotopic (exact) mass is 402 g/mol. The summed E-state index contributed by atoms with van der Waals surface area (Å²) in [7, 11) is 0. The van der Waals surface area contributed by atoms with Crippen LogP contribution in [0.15, 0.2) is 54.6 Å². The molecule has 0 aliphatic carbocycles. The predicted octanol–water partition coefficient (Wildman–Crippen LogP) is 3.27. The Hall–Kier alpha value is -2.86. The largest absolute Gasteiger partial charge is 0.462 e. The summed E-state index contributed by atoms with van der Waals surface area (Å²) in [6, 6.07) is 15.2. The number of carbonyl (C=O) groups is 3. The van der Waals surface area contributed by atoms with Crippen LogP contribution in [0.2, 0.25) is 5.02 Å². The minimum absolute atomic E-state index is 0.0326. The second-order valence-electron chi connectivity index (χ2n) is 6.44. The number of hydrogen-bond donors (Lipinski definition) is 2. The van der Waals surface area contributed by atoms with Gasteiger partial charge in [-0.15, -0.1) is 0 Å². The molecule has 2 rings (SSSR count). The molecule has 0 aliphatic rings. The number of rotatable bonds is 8. The summed E-state index contributed by atoms with van der Waals surface area (Å²) < 4.78 is 4.99. The summed E-state index contributed by atoms with van der Waals surface area (Å²) in [6.07, 6.45) is -0.286. The summed E-state index contributed by atoms with van der Waals surface area (Å²) in [6.45, 7) is 3.24. The number of benzene rings is 2. The molecule has 2 aromatic carbocycles. The lowest BCUT2D eigenvalue weighted by Gasteiger charge is -2.19. The summed E-state index contributed by atoms with van der Waals surface area (Å²) >= 11 is 6.09. The topological polar surface area (TPSA) is 84.5 Å². The van der Waals surface area contributed by atoms with Crippen LogP contribution in [0, 0.1) is 0 Å². The van der Waals surface area contributed by atoms with Crippen molar-refractivity contribution in [3.63, 3.8) is 0 Å². The molecule has 2 aromatic rings. The van der Waals surface area contributed by atoms with Crippen molar-refractivity contribution in [2.24, 2.45) is 0 Å². The van der Waals surface area contributed by atoms with Crippen LogP contribution < -0.4 is 10.6 Å². The molecule has 0 heterocycles. The van der Waals surface area contributed by atoms with Crippen LogP contribution in [0.25, 0.3) is 0 Å². The highest BCUT2D eigenvalue weighted by Crippen LogP contribution is 2.20. The first-order valence-corrected chi connectivity index (χ1v) is 9.31. The van der Waals surface area contributed by atoms with Gasteiger partial charge in [0.1, 0.15) is 6.54 Å². The van der Waals surface area contributed by atoms with Gasteiger partial charge in [0, 0.05) is 0 Å². The first-order valence-electron chi connectivity index (χ1n) is 8.93. The van der Waals surface area contributed by atoms with Crippen molar-refractivity contribution in [1.29, 1.82) is 0 Å². The number of nitrogens with one attached hydrogen (secondary N) is 2. The fraction of sp³-hybridized carbons (Fsp3) is 0.286. The van der Waals surface area contributed by atoms with E-state index in [9.17, 15) is 14.4 Å². The molecule has 0 bridgehead atoms. The quantitative estimate of drug-likeness (QED) is 0.664. The lowest BCUT2D eigenvalue weighted by Crippen LogP contribution is -2.36. The minimum Gasteiger partial charge on any atom is -0.462 e. The molecule has 0 aromatic heterocycles. The van der Waals surface area contributed by atoms with Gasteiger partial charge in [0.25, 0.3) is 5.91 Å². The van der Waals surface area contributed by atoms with Crippen LogP contribution in [0.4, 0.5) is 0 Å². The Morgan fingerprint density at radius 1 is 1.00 bits per heavy atom. The maximum atomic E-state index is 12.6. The van der Waals surface area contributed by atoms with Crippen molar-refractivity contribution >= 4 is 29.4 Å². The summed E-state index contributed by atoms with van der Waals surface area (Å²) in [5.41, 5.74) is 1.09. The van der Waals surface area contributed by atoms with E-state index in [1.165, 1.54) is 0 Å². The fourth-order valence-corrected chi connectivity index (χ4v) is 2.77. The Morgan fingerprint density at radius 2 is 1.64 bits per heavy atom. The maximum absolute atomic E-state index is 12.6. The van der Waals surface area contributed by atoms with Crippen molar-refractivity contribution in [2.75, 3.05) is 6.54 Å². The van der Waals surface area contributed by atoms with Crippen LogP contribution in [0.3, 0.4) is 0 Å². The van der Waals surface area contributed by atoms with E-state index in [2.05, 4.69) is 10.6 Å². The highest BCUT2D eigenvalue weighted by molar-refractivity contribution is 6.33. The van der Waals surface area contributed by atoms with E-state index in [1.807, 2.05) is 30.3 Å². The zero-order valence-corrected chi connectivity index (χ0v) is 16.5. The number of esters is 1. The van der Waals surface area contributed by atoms with E-state index in [0.29, 0.717) is 10.6 Å². The van der Waals surface area contributed by atoms with Gasteiger partial charge < -0.3 is 15.4 Å². The van der Waals surface area contributed by atoms with E-state index in [0.717, 1.165) is 5.56 Å². The average molecular weight is 403 g/mol. The normalized spacial score (nSPS) is 11.6. The Balaban J connectivity index is 2.06. The molecule has 0 radical (unpaired) electrons. The van der Waals surface area contributed by atoms with Gasteiger partial charge >= 0.3 is 5.97 Å². The second-order valence-corrected chi connectivity index (χ2v) is 6.84. The molecule has 2 amide bonds. The minimum atomic E-state index is -0.578. The maximum Gasteiger partial charge on any atom is 0.325 e. The van der Waals surface area contributed by atoms with Gasteiger partial charge in [0.15, 0.2) is 0 Å². The fourth-order valence-electron chi connectivity index (χ4n) is 2.55. The van der Waals surface area contributed by atoms with Gasteiger partial charge in [-0.2, -0.15) is 0 Å². The van der Waals surface area contributed by atoms with E-state index in [1.54, 1.807) is 38.1 Å². The van der Waals surface area contributed by atoms with Crippen molar-refractivity contribution < 1.29 is 19.1 Å². The Bertz CT molecular complexity index is 824. The van der Waals surface area contributed by atoms with Crippen molar-refractivity contribution in [3.05, 3.63) is 70.7 Å². The number of amides is 2. The lowest BCUT2D eigenvalue weighted by atomic mass is 10.0. The summed E-state index contributed by atoms with van der Waals surface area (Å²) in [5, 5.41) is 5.69. The zero-order valence-electron chi connectivity index (χ0n) is 15.8. The molecule has 28 heavy (non-hydrogen) atoms. The van der Waals surface area contributed by atoms with Crippen molar-refractivity contribution in [3.8, 4) is 0 Å². The van der Waals surface area contributed by atoms with Gasteiger partial charge in [0.05, 0.1) is 29.2 Å². The van der Waals surface area contributed by atoms with Crippen LogP contribution >= 0.6 is 11.6 Å². The van der Waals surface area contributed by atoms with Crippen LogP contribution in [-0.4, -0.2) is 30.4 Å². The molecule has 1 atom stereocenters. The van der Waals surface area contributed by atoms with E-state index >= 15 is 0 Å². The molecule has 0 saturated carbocycles. The molecule has 6 nitrogen and oxygen atoms in total. The van der Waals surface area contributed by atoms with Gasteiger partial charge in [-0.1, -0.05) is 54.1 Å². The first-order chi connectivity index (χ1) is 13.4. The van der Waals surface area contributed by atoms with Gasteiger partial charge in [-0.25, -0.2) is 0 Å². The molecule has 148 valence electrons.